The molecule has 254 valence electrons. The highest BCUT2D eigenvalue weighted by atomic mass is 35.5. The molecule has 0 amide bonds. The molecule has 4 N–H and O–H groups in total. The van der Waals surface area contributed by atoms with E-state index < -0.39 is 39.9 Å². The van der Waals surface area contributed by atoms with Gasteiger partial charge in [0.2, 0.25) is 0 Å². The minimum Gasteiger partial charge on any atom is -0.489 e. The van der Waals surface area contributed by atoms with Gasteiger partial charge in [-0.25, -0.2) is 19.3 Å². The molecule has 0 radical (unpaired) electrons. The molecule has 0 unspecified atom stereocenters. The number of hydrogen-bond acceptors (Lipinski definition) is 12. The Hall–Kier alpha value is -4.28. The average molecular weight is 690 g/mol. The topological polar surface area (TPSA) is 151 Å². The fourth-order valence-electron chi connectivity index (χ4n) is 6.95. The van der Waals surface area contributed by atoms with Crippen LogP contribution in [0.15, 0.2) is 18.6 Å². The van der Waals surface area contributed by atoms with E-state index in [-0.39, 0.29) is 77.5 Å². The number of nitrogen functional groups attached to an aromatic ring is 2. The van der Waals surface area contributed by atoms with Gasteiger partial charge in [0, 0.05) is 30.4 Å². The molecule has 12 nitrogen and oxygen atoms in total. The second-order valence-corrected chi connectivity index (χ2v) is 12.4. The van der Waals surface area contributed by atoms with Crippen LogP contribution in [0.4, 0.5) is 35.0 Å². The maximum Gasteiger partial charge on any atom is 0.418 e. The van der Waals surface area contributed by atoms with Crippen LogP contribution in [0.2, 0.25) is 5.02 Å². The van der Waals surface area contributed by atoms with Gasteiger partial charge in [-0.3, -0.25) is 4.90 Å². The lowest BCUT2D eigenvalue weighted by atomic mass is 9.98. The van der Waals surface area contributed by atoms with E-state index in [1.54, 1.807) is 11.1 Å². The summed E-state index contributed by atoms with van der Waals surface area (Å²) in [6.07, 6.45) is -0.223. The number of aryl methyl sites for hydroxylation is 1. The van der Waals surface area contributed by atoms with Crippen LogP contribution in [0, 0.1) is 12.7 Å². The molecule has 4 aromatic rings. The smallest absolute Gasteiger partial charge is 0.418 e. The second-order valence-electron chi connectivity index (χ2n) is 12.1. The van der Waals surface area contributed by atoms with Gasteiger partial charge in [-0.1, -0.05) is 11.6 Å². The number of nitrogens with two attached hydrogens (primary N) is 2. The zero-order chi connectivity index (χ0) is 33.9. The summed E-state index contributed by atoms with van der Waals surface area (Å²) in [6, 6.07) is 0.719. The largest absolute Gasteiger partial charge is 0.489 e. The predicted octanol–water partition coefficient (Wildman–Crippen LogP) is 4.97. The number of benzene rings is 1. The number of morpholine rings is 1. The minimum absolute atomic E-state index is 0.000382. The van der Waals surface area contributed by atoms with Crippen LogP contribution in [0.5, 0.6) is 11.8 Å². The molecule has 17 heteroatoms. The van der Waals surface area contributed by atoms with Gasteiger partial charge in [-0.05, 0) is 38.3 Å². The number of alkyl halides is 3. The van der Waals surface area contributed by atoms with Gasteiger partial charge in [0.15, 0.2) is 11.6 Å². The van der Waals surface area contributed by atoms with Crippen molar-refractivity contribution in [2.45, 2.75) is 51.0 Å². The van der Waals surface area contributed by atoms with Gasteiger partial charge in [0.05, 0.1) is 53.0 Å². The highest BCUT2D eigenvalue weighted by Crippen LogP contribution is 2.51. The van der Waals surface area contributed by atoms with Crippen LogP contribution in [0.1, 0.15) is 42.5 Å². The molecule has 0 aliphatic carbocycles. The highest BCUT2D eigenvalue weighted by molar-refractivity contribution is 6.36. The standard InChI is InChI=1S/C31H32ClF4N9O3/c1-14-9-19(37)41-25(22(14)31(34,35)36)20-23(32)27-21-26(24(20)33)42-30(48-12-17-4-3-16-11-46-7-5-45(16)17)43-29(21)44(6-8-47-27)15(2)18-10-39-13-40-28(18)38/h9-10,13,15-17H,3-8,11-12H2,1-2H3,(H2,37,41)(H2,38,39,40)/t15-,16-,17-/m1/s1. The normalized spacial score (nSPS) is 20.4. The number of pyridine rings is 1. The van der Waals surface area contributed by atoms with Gasteiger partial charge >= 0.3 is 12.2 Å². The number of ether oxygens (including phenoxy) is 3. The fraction of sp³-hybridized carbons (Fsp3) is 0.452. The van der Waals surface area contributed by atoms with Crippen LogP contribution in [-0.4, -0.2) is 81.4 Å². The second kappa shape index (κ2) is 12.3. The maximum atomic E-state index is 16.9. The third-order valence-corrected chi connectivity index (χ3v) is 9.58. The monoisotopic (exact) mass is 689 g/mol. The Morgan fingerprint density at radius 3 is 2.73 bits per heavy atom. The van der Waals surface area contributed by atoms with Crippen molar-refractivity contribution in [2.75, 3.05) is 55.9 Å². The Morgan fingerprint density at radius 1 is 1.15 bits per heavy atom. The Morgan fingerprint density at radius 2 is 1.96 bits per heavy atom. The average Bonchev–Trinajstić information content (AvgIpc) is 3.35. The number of aromatic nitrogens is 5. The van der Waals surface area contributed by atoms with Crippen molar-refractivity contribution in [1.29, 1.82) is 0 Å². The minimum atomic E-state index is -4.91. The third-order valence-electron chi connectivity index (χ3n) is 9.22. The van der Waals surface area contributed by atoms with Crippen molar-refractivity contribution in [1.82, 2.24) is 29.8 Å². The zero-order valence-electron chi connectivity index (χ0n) is 26.0. The molecule has 3 atom stereocenters. The lowest BCUT2D eigenvalue weighted by molar-refractivity contribution is -0.137. The summed E-state index contributed by atoms with van der Waals surface area (Å²) in [6.45, 7) is 5.46. The molecule has 0 spiro atoms. The van der Waals surface area contributed by atoms with Gasteiger partial charge in [-0.15, -0.1) is 0 Å². The van der Waals surface area contributed by atoms with E-state index in [0.717, 1.165) is 25.5 Å². The van der Waals surface area contributed by atoms with Crippen molar-refractivity contribution in [2.24, 2.45) is 0 Å². The lowest BCUT2D eigenvalue weighted by Gasteiger charge is -2.33. The molecule has 3 aromatic heterocycles. The first-order valence-corrected chi connectivity index (χ1v) is 15.8. The van der Waals surface area contributed by atoms with Crippen molar-refractivity contribution in [3.05, 3.63) is 46.1 Å². The number of rotatable bonds is 6. The zero-order valence-corrected chi connectivity index (χ0v) is 26.8. The number of fused-ring (bicyclic) bond motifs is 1. The molecule has 2 fully saturated rings. The van der Waals surface area contributed by atoms with E-state index in [9.17, 15) is 13.2 Å². The van der Waals surface area contributed by atoms with Crippen LogP contribution in [0.3, 0.4) is 0 Å². The maximum absolute atomic E-state index is 16.9. The van der Waals surface area contributed by atoms with E-state index in [1.807, 2.05) is 6.92 Å². The van der Waals surface area contributed by atoms with Crippen LogP contribution < -0.4 is 25.8 Å². The summed E-state index contributed by atoms with van der Waals surface area (Å²) in [5.74, 6) is -1.09. The summed E-state index contributed by atoms with van der Waals surface area (Å²) in [5, 5.41) is -0.375. The van der Waals surface area contributed by atoms with E-state index in [2.05, 4.69) is 24.8 Å². The van der Waals surface area contributed by atoms with Crippen molar-refractivity contribution in [3.63, 3.8) is 0 Å². The number of halogens is 5. The van der Waals surface area contributed by atoms with E-state index >= 15 is 4.39 Å². The van der Waals surface area contributed by atoms with Crippen molar-refractivity contribution >= 4 is 40.0 Å². The third kappa shape index (κ3) is 5.54. The summed E-state index contributed by atoms with van der Waals surface area (Å²) in [5.41, 5.74) is 9.43. The lowest BCUT2D eigenvalue weighted by Crippen LogP contribution is -2.46. The molecule has 6 heterocycles. The SMILES string of the molecule is Cc1cc(N)nc(-c2c(Cl)c3c4c(nc(OC[C@H]5CC[C@@H]6COCCN65)nc4c2F)N([C@H](C)c2cncnc2N)CCO3)c1C(F)(F)F. The molecule has 0 bridgehead atoms. The summed E-state index contributed by atoms with van der Waals surface area (Å²) >= 11 is 6.78. The Balaban J connectivity index is 1.42. The Bertz CT molecular complexity index is 1900. The predicted molar refractivity (Wildman–Crippen MR) is 169 cm³/mol. The van der Waals surface area contributed by atoms with Gasteiger partial charge in [-0.2, -0.15) is 23.1 Å². The van der Waals surface area contributed by atoms with E-state index in [1.165, 1.54) is 13.3 Å². The van der Waals surface area contributed by atoms with Gasteiger partial charge in [0.1, 0.15) is 42.5 Å². The first-order valence-electron chi connectivity index (χ1n) is 15.4. The molecule has 3 aliphatic rings. The molecular formula is C31H32ClF4N9O3. The van der Waals surface area contributed by atoms with Gasteiger partial charge < -0.3 is 30.6 Å². The fourth-order valence-corrected chi connectivity index (χ4v) is 7.28. The number of hydrogen-bond donors (Lipinski definition) is 2. The van der Waals surface area contributed by atoms with Crippen molar-refractivity contribution < 1.29 is 31.8 Å². The quantitative estimate of drug-likeness (QED) is 0.263. The van der Waals surface area contributed by atoms with Crippen LogP contribution >= 0.6 is 11.6 Å². The van der Waals surface area contributed by atoms with E-state index in [0.29, 0.717) is 18.8 Å². The Kier molecular flexibility index (Phi) is 8.28. The number of nitrogens with zero attached hydrogens (tertiary/aromatic N) is 7. The van der Waals surface area contributed by atoms with Crippen molar-refractivity contribution in [3.8, 4) is 23.0 Å². The van der Waals surface area contributed by atoms with E-state index in [4.69, 9.17) is 42.3 Å². The summed E-state index contributed by atoms with van der Waals surface area (Å²) in [7, 11) is 0. The van der Waals surface area contributed by atoms with Gasteiger partial charge in [0.25, 0.3) is 0 Å². The molecule has 48 heavy (non-hydrogen) atoms. The first-order chi connectivity index (χ1) is 22.9. The molecule has 1 aromatic carbocycles. The summed E-state index contributed by atoms with van der Waals surface area (Å²) in [4.78, 5) is 25.4. The highest BCUT2D eigenvalue weighted by Gasteiger charge is 2.41. The molecule has 2 saturated heterocycles. The molecule has 0 saturated carbocycles. The Labute approximate surface area is 277 Å². The first kappa shape index (κ1) is 32.3. The number of anilines is 3. The molecule has 7 rings (SSSR count). The molecular weight excluding hydrogens is 658 g/mol. The summed E-state index contributed by atoms with van der Waals surface area (Å²) < 4.78 is 78.1. The van der Waals surface area contributed by atoms with Crippen LogP contribution in [-0.2, 0) is 10.9 Å². The van der Waals surface area contributed by atoms with Crippen LogP contribution in [0.25, 0.3) is 22.2 Å². The molecule has 3 aliphatic heterocycles.